The number of hydrogen-bond donors (Lipinski definition) is 1. The van der Waals surface area contributed by atoms with Crippen molar-refractivity contribution < 1.29 is 46.1 Å². The van der Waals surface area contributed by atoms with E-state index in [0.29, 0.717) is 16.5 Å². The molecular weight excluding hydrogens is 525 g/mol. The maximum absolute atomic E-state index is 13.9. The summed E-state index contributed by atoms with van der Waals surface area (Å²) in [5.74, 6) is -3.21. The average Bonchev–Trinajstić information content (AvgIpc) is 2.90. The predicted octanol–water partition coefficient (Wildman–Crippen LogP) is 6.95. The van der Waals surface area contributed by atoms with Gasteiger partial charge in [-0.3, -0.25) is 0 Å². The lowest BCUT2D eigenvalue weighted by atomic mass is 10.1. The first-order valence-electron chi connectivity index (χ1n) is 11.3. The molecule has 0 bridgehead atoms. The van der Waals surface area contributed by atoms with E-state index in [1.54, 1.807) is 12.1 Å². The lowest BCUT2D eigenvalue weighted by Crippen LogP contribution is -2.08. The molecule has 0 fully saturated rings. The van der Waals surface area contributed by atoms with Crippen LogP contribution < -0.4 is 14.2 Å². The van der Waals surface area contributed by atoms with Gasteiger partial charge in [-0.15, -0.1) is 0 Å². The van der Waals surface area contributed by atoms with E-state index in [4.69, 9.17) is 19.3 Å². The number of carbonyl (C=O) groups is 1. The third-order valence-electron chi connectivity index (χ3n) is 5.53. The number of carboxylic acids is 1. The number of halogens is 5. The van der Waals surface area contributed by atoms with Gasteiger partial charge in [0, 0.05) is 17.0 Å². The van der Waals surface area contributed by atoms with E-state index in [0.717, 1.165) is 12.1 Å². The van der Waals surface area contributed by atoms with Crippen molar-refractivity contribution in [2.45, 2.75) is 19.4 Å². The van der Waals surface area contributed by atoms with Crippen molar-refractivity contribution in [2.24, 2.45) is 0 Å². The van der Waals surface area contributed by atoms with Gasteiger partial charge in [-0.05, 0) is 59.7 Å². The van der Waals surface area contributed by atoms with Crippen LogP contribution in [0.2, 0.25) is 0 Å². The molecule has 39 heavy (non-hydrogen) atoms. The summed E-state index contributed by atoms with van der Waals surface area (Å²) in [7, 11) is 1.25. The Hall–Kier alpha value is -4.67. The number of ether oxygens (including phenoxy) is 3. The van der Waals surface area contributed by atoms with Crippen LogP contribution >= 0.6 is 0 Å². The Bertz CT molecular complexity index is 1530. The molecule has 3 aromatic carbocycles. The van der Waals surface area contributed by atoms with E-state index in [2.05, 4.69) is 4.98 Å². The van der Waals surface area contributed by atoms with Crippen LogP contribution in [0.1, 0.15) is 22.4 Å². The zero-order valence-electron chi connectivity index (χ0n) is 20.3. The van der Waals surface area contributed by atoms with E-state index in [1.807, 2.05) is 0 Å². The molecule has 0 aliphatic rings. The van der Waals surface area contributed by atoms with Crippen LogP contribution in [0, 0.1) is 5.82 Å². The Balaban J connectivity index is 1.56. The number of nitrogens with zero attached hydrogens (tertiary/aromatic N) is 1. The number of aromatic nitrogens is 1. The molecule has 4 aromatic rings. The van der Waals surface area contributed by atoms with Crippen molar-refractivity contribution in [1.29, 1.82) is 0 Å². The predicted molar refractivity (Wildman–Crippen MR) is 132 cm³/mol. The standard InChI is InChI=1S/C28H20F5NO5/c1-37-25-13-26(28(31,32)33)34-23-8-4-17(10-21(23)25)15-38-20-7-9-24(18(11-20)12-22(30)27(35)36)39-14-16-2-5-19(29)6-3-16/h2-13H,14-15H2,1H3,(H,35,36)/b22-12-. The van der Waals surface area contributed by atoms with E-state index in [1.165, 1.54) is 55.6 Å². The monoisotopic (exact) mass is 545 g/mol. The first kappa shape index (κ1) is 27.4. The van der Waals surface area contributed by atoms with E-state index >= 15 is 0 Å². The second-order valence-corrected chi connectivity index (χ2v) is 8.26. The molecule has 0 unspecified atom stereocenters. The van der Waals surface area contributed by atoms with Gasteiger partial charge in [-0.1, -0.05) is 18.2 Å². The molecule has 0 saturated carbocycles. The number of carboxylic acid groups (broad SMARTS) is 1. The fourth-order valence-electron chi connectivity index (χ4n) is 3.61. The summed E-state index contributed by atoms with van der Waals surface area (Å²) in [5.41, 5.74) is 0.303. The van der Waals surface area contributed by atoms with Crippen LogP contribution in [-0.4, -0.2) is 23.2 Å². The molecule has 0 atom stereocenters. The fourth-order valence-corrected chi connectivity index (χ4v) is 3.61. The Morgan fingerprint density at radius 1 is 0.923 bits per heavy atom. The topological polar surface area (TPSA) is 77.9 Å². The van der Waals surface area contributed by atoms with Gasteiger partial charge in [0.2, 0.25) is 5.83 Å². The average molecular weight is 545 g/mol. The van der Waals surface area contributed by atoms with Gasteiger partial charge in [-0.2, -0.15) is 17.6 Å². The first-order chi connectivity index (χ1) is 18.5. The number of rotatable bonds is 9. The Morgan fingerprint density at radius 2 is 1.62 bits per heavy atom. The number of benzene rings is 3. The highest BCUT2D eigenvalue weighted by atomic mass is 19.4. The molecule has 0 radical (unpaired) electrons. The highest BCUT2D eigenvalue weighted by Crippen LogP contribution is 2.35. The molecule has 0 spiro atoms. The van der Waals surface area contributed by atoms with Crippen LogP contribution in [0.15, 0.2) is 72.6 Å². The molecule has 202 valence electrons. The number of methoxy groups -OCH3 is 1. The second-order valence-electron chi connectivity index (χ2n) is 8.26. The lowest BCUT2D eigenvalue weighted by molar-refractivity contribution is -0.141. The van der Waals surface area contributed by atoms with Crippen LogP contribution in [0.25, 0.3) is 17.0 Å². The number of alkyl halides is 3. The second kappa shape index (κ2) is 11.4. The van der Waals surface area contributed by atoms with E-state index in [9.17, 15) is 26.7 Å². The summed E-state index contributed by atoms with van der Waals surface area (Å²) in [4.78, 5) is 14.7. The van der Waals surface area contributed by atoms with Crippen LogP contribution in [0.3, 0.4) is 0 Å². The van der Waals surface area contributed by atoms with E-state index < -0.39 is 29.5 Å². The van der Waals surface area contributed by atoms with Gasteiger partial charge in [-0.25, -0.2) is 14.2 Å². The third kappa shape index (κ3) is 6.81. The zero-order valence-corrected chi connectivity index (χ0v) is 20.3. The lowest BCUT2D eigenvalue weighted by Gasteiger charge is -2.14. The molecule has 0 aliphatic carbocycles. The molecule has 1 N–H and O–H groups in total. The smallest absolute Gasteiger partial charge is 0.433 e. The summed E-state index contributed by atoms with van der Waals surface area (Å²) in [6.45, 7) is -0.0144. The van der Waals surface area contributed by atoms with Crippen LogP contribution in [-0.2, 0) is 24.2 Å². The third-order valence-corrected chi connectivity index (χ3v) is 5.53. The van der Waals surface area contributed by atoms with Crippen molar-refractivity contribution in [2.75, 3.05) is 7.11 Å². The molecule has 0 aliphatic heterocycles. The zero-order chi connectivity index (χ0) is 28.2. The minimum atomic E-state index is -4.63. The van der Waals surface area contributed by atoms with Crippen molar-refractivity contribution in [3.8, 4) is 17.2 Å². The summed E-state index contributed by atoms with van der Waals surface area (Å²) in [5, 5.41) is 9.30. The summed E-state index contributed by atoms with van der Waals surface area (Å²) in [6.07, 6.45) is -3.86. The molecule has 0 saturated heterocycles. The van der Waals surface area contributed by atoms with Gasteiger partial charge < -0.3 is 19.3 Å². The summed E-state index contributed by atoms with van der Waals surface area (Å²) in [6, 6.07) is 15.2. The molecule has 0 amide bonds. The SMILES string of the molecule is COc1cc(C(F)(F)F)nc2ccc(COc3ccc(OCc4ccc(F)cc4)c(/C=C(\F)C(=O)O)c3)cc12. The minimum absolute atomic E-state index is 0.00611. The number of fused-ring (bicyclic) bond motifs is 1. The molecule has 6 nitrogen and oxygen atoms in total. The highest BCUT2D eigenvalue weighted by Gasteiger charge is 2.33. The van der Waals surface area contributed by atoms with Crippen molar-refractivity contribution in [3.05, 3.63) is 101 Å². The van der Waals surface area contributed by atoms with Gasteiger partial charge in [0.25, 0.3) is 0 Å². The Kier molecular flexibility index (Phi) is 7.99. The maximum Gasteiger partial charge on any atom is 0.433 e. The number of aliphatic carboxylic acids is 1. The Morgan fingerprint density at radius 3 is 2.28 bits per heavy atom. The number of hydrogen-bond acceptors (Lipinski definition) is 5. The van der Waals surface area contributed by atoms with Gasteiger partial charge in [0.15, 0.2) is 0 Å². The highest BCUT2D eigenvalue weighted by molar-refractivity contribution is 5.90. The van der Waals surface area contributed by atoms with Crippen molar-refractivity contribution in [3.63, 3.8) is 0 Å². The molecular formula is C28H20F5NO5. The van der Waals surface area contributed by atoms with Gasteiger partial charge >= 0.3 is 12.1 Å². The van der Waals surface area contributed by atoms with Gasteiger partial charge in [0.1, 0.15) is 42.0 Å². The van der Waals surface area contributed by atoms with Crippen molar-refractivity contribution >= 4 is 22.9 Å². The van der Waals surface area contributed by atoms with Crippen LogP contribution in [0.5, 0.6) is 17.2 Å². The van der Waals surface area contributed by atoms with Gasteiger partial charge in [0.05, 0.1) is 12.6 Å². The molecule has 11 heteroatoms. The maximum atomic E-state index is 13.9. The largest absolute Gasteiger partial charge is 0.496 e. The summed E-state index contributed by atoms with van der Waals surface area (Å²) < 4.78 is 83.1. The quantitative estimate of drug-likeness (QED) is 0.181. The molecule has 1 aromatic heterocycles. The van der Waals surface area contributed by atoms with Crippen molar-refractivity contribution in [1.82, 2.24) is 4.98 Å². The van der Waals surface area contributed by atoms with Crippen LogP contribution in [0.4, 0.5) is 22.0 Å². The summed E-state index contributed by atoms with van der Waals surface area (Å²) >= 11 is 0. The van der Waals surface area contributed by atoms with E-state index in [-0.39, 0.29) is 41.5 Å². The molecule has 4 rings (SSSR count). The normalized spacial score (nSPS) is 11.9. The molecule has 1 heterocycles. The first-order valence-corrected chi connectivity index (χ1v) is 11.3. The fraction of sp³-hybridized carbons (Fsp3) is 0.143. The minimum Gasteiger partial charge on any atom is -0.496 e. The Labute approximate surface area is 218 Å². The number of pyridine rings is 1.